The Morgan fingerprint density at radius 1 is 0.700 bits per heavy atom. The minimum absolute atomic E-state index is 0.586. The molecule has 0 fully saturated rings. The first kappa shape index (κ1) is 26.6. The highest BCUT2D eigenvalue weighted by Crippen LogP contribution is 2.55. The average molecular weight is 563 g/mol. The van der Waals surface area contributed by atoms with E-state index < -0.39 is 0 Å². The standard InChI is InChI=1S/C36H34O2S2/c1-2-3-4-7-16-29-21-24-39-35(29)36-33-32(37-22-23-38-33)34(40-36)30-19-17-26(18-20-30)25-31(27-12-8-5-9-13-27)28-14-10-6-11-15-28/h5-6,8-15,17-21,24-25H,2-4,7,16,22-23H2,1H3. The Bertz CT molecular complexity index is 1520. The van der Waals surface area contributed by atoms with Crippen molar-refractivity contribution in [2.24, 2.45) is 0 Å². The van der Waals surface area contributed by atoms with E-state index in [4.69, 9.17) is 9.47 Å². The van der Waals surface area contributed by atoms with Crippen LogP contribution >= 0.6 is 22.7 Å². The van der Waals surface area contributed by atoms with Gasteiger partial charge in [-0.05, 0) is 63.8 Å². The van der Waals surface area contributed by atoms with E-state index >= 15 is 0 Å². The highest BCUT2D eigenvalue weighted by Gasteiger charge is 2.27. The van der Waals surface area contributed by atoms with Crippen LogP contribution in [0.5, 0.6) is 11.5 Å². The second-order valence-corrected chi connectivity index (χ2v) is 12.0. The Hall–Kier alpha value is -3.60. The Labute approximate surface area is 245 Å². The molecule has 202 valence electrons. The summed E-state index contributed by atoms with van der Waals surface area (Å²) in [6.07, 6.45) is 8.48. The van der Waals surface area contributed by atoms with Crippen LogP contribution in [0.1, 0.15) is 54.9 Å². The van der Waals surface area contributed by atoms with E-state index in [0.29, 0.717) is 13.2 Å². The molecule has 0 radical (unpaired) electrons. The van der Waals surface area contributed by atoms with Gasteiger partial charge >= 0.3 is 0 Å². The molecule has 3 aromatic carbocycles. The first-order valence-electron chi connectivity index (χ1n) is 14.2. The first-order valence-corrected chi connectivity index (χ1v) is 15.9. The largest absolute Gasteiger partial charge is 0.485 e. The van der Waals surface area contributed by atoms with Crippen molar-refractivity contribution in [3.8, 4) is 31.7 Å². The van der Waals surface area contributed by atoms with E-state index in [-0.39, 0.29) is 0 Å². The lowest BCUT2D eigenvalue weighted by atomic mass is 9.95. The molecule has 40 heavy (non-hydrogen) atoms. The molecular weight excluding hydrogens is 529 g/mol. The van der Waals surface area contributed by atoms with Gasteiger partial charge in [0.1, 0.15) is 13.2 Å². The molecule has 3 heterocycles. The maximum atomic E-state index is 6.24. The quantitative estimate of drug-likeness (QED) is 0.124. The van der Waals surface area contributed by atoms with E-state index in [1.807, 2.05) is 11.3 Å². The van der Waals surface area contributed by atoms with Crippen LogP contribution in [0.2, 0.25) is 0 Å². The maximum Gasteiger partial charge on any atom is 0.181 e. The first-order chi connectivity index (χ1) is 19.8. The van der Waals surface area contributed by atoms with Crippen molar-refractivity contribution in [1.82, 2.24) is 0 Å². The van der Waals surface area contributed by atoms with E-state index in [0.717, 1.165) is 28.4 Å². The lowest BCUT2D eigenvalue weighted by Crippen LogP contribution is -2.14. The number of rotatable bonds is 10. The van der Waals surface area contributed by atoms with Crippen LogP contribution in [0.4, 0.5) is 0 Å². The Morgan fingerprint density at radius 2 is 1.35 bits per heavy atom. The normalized spacial score (nSPS) is 12.3. The molecule has 0 spiro atoms. The topological polar surface area (TPSA) is 18.5 Å². The second kappa shape index (κ2) is 12.7. The van der Waals surface area contributed by atoms with Gasteiger partial charge in [0.2, 0.25) is 0 Å². The van der Waals surface area contributed by atoms with Gasteiger partial charge in [0.15, 0.2) is 11.5 Å². The maximum absolute atomic E-state index is 6.24. The third-order valence-electron chi connectivity index (χ3n) is 7.31. The van der Waals surface area contributed by atoms with Gasteiger partial charge in [-0.15, -0.1) is 22.7 Å². The van der Waals surface area contributed by atoms with Crippen molar-refractivity contribution in [2.45, 2.75) is 39.0 Å². The van der Waals surface area contributed by atoms with Crippen molar-refractivity contribution in [1.29, 1.82) is 0 Å². The van der Waals surface area contributed by atoms with Gasteiger partial charge in [0.25, 0.3) is 0 Å². The smallest absolute Gasteiger partial charge is 0.181 e. The second-order valence-electron chi connectivity index (χ2n) is 10.1. The van der Waals surface area contributed by atoms with Crippen molar-refractivity contribution < 1.29 is 9.47 Å². The molecule has 5 aromatic rings. The van der Waals surface area contributed by atoms with Crippen LogP contribution in [0.3, 0.4) is 0 Å². The molecule has 0 amide bonds. The molecular formula is C36H34O2S2. The summed E-state index contributed by atoms with van der Waals surface area (Å²) in [5.41, 5.74) is 7.40. The van der Waals surface area contributed by atoms with Gasteiger partial charge in [-0.1, -0.05) is 111 Å². The molecule has 2 aromatic heterocycles. The van der Waals surface area contributed by atoms with Crippen LogP contribution < -0.4 is 9.47 Å². The fourth-order valence-electron chi connectivity index (χ4n) is 5.23. The molecule has 1 aliphatic heterocycles. The summed E-state index contributed by atoms with van der Waals surface area (Å²) >= 11 is 3.62. The van der Waals surface area contributed by atoms with Crippen LogP contribution in [0, 0.1) is 0 Å². The minimum atomic E-state index is 0.586. The molecule has 2 nitrogen and oxygen atoms in total. The molecule has 0 N–H and O–H groups in total. The predicted octanol–water partition coefficient (Wildman–Crippen LogP) is 10.6. The van der Waals surface area contributed by atoms with Gasteiger partial charge in [0.05, 0.1) is 14.6 Å². The highest BCUT2D eigenvalue weighted by molar-refractivity contribution is 7.24. The van der Waals surface area contributed by atoms with Gasteiger partial charge in [-0.2, -0.15) is 0 Å². The third-order valence-corrected chi connectivity index (χ3v) is 9.63. The predicted molar refractivity (Wildman–Crippen MR) is 172 cm³/mol. The fourth-order valence-corrected chi connectivity index (χ4v) is 7.56. The summed E-state index contributed by atoms with van der Waals surface area (Å²) < 4.78 is 12.5. The number of fused-ring (bicyclic) bond motifs is 1. The average Bonchev–Trinajstić information content (AvgIpc) is 3.64. The SMILES string of the molecule is CCCCCCc1ccsc1-c1sc(-c2ccc(C=C(c3ccccc3)c3ccccc3)cc2)c2c1OCCO2. The monoisotopic (exact) mass is 562 g/mol. The van der Waals surface area contributed by atoms with Crippen molar-refractivity contribution in [3.05, 3.63) is 119 Å². The minimum Gasteiger partial charge on any atom is -0.485 e. The molecule has 0 unspecified atom stereocenters. The zero-order valence-corrected chi connectivity index (χ0v) is 24.5. The lowest BCUT2D eigenvalue weighted by molar-refractivity contribution is 0.175. The van der Waals surface area contributed by atoms with Gasteiger partial charge < -0.3 is 9.47 Å². The summed E-state index contributed by atoms with van der Waals surface area (Å²) in [6.45, 7) is 3.45. The number of ether oxygens (including phenoxy) is 2. The van der Waals surface area contributed by atoms with Crippen molar-refractivity contribution >= 4 is 34.3 Å². The molecule has 0 atom stereocenters. The fraction of sp³-hybridized carbons (Fsp3) is 0.222. The molecule has 0 saturated heterocycles. The Balaban J connectivity index is 1.33. The van der Waals surface area contributed by atoms with Crippen LogP contribution in [0.15, 0.2) is 96.4 Å². The van der Waals surface area contributed by atoms with Gasteiger partial charge in [0, 0.05) is 0 Å². The molecule has 1 aliphatic rings. The highest BCUT2D eigenvalue weighted by atomic mass is 32.1. The molecule has 0 saturated carbocycles. The van der Waals surface area contributed by atoms with Gasteiger partial charge in [-0.3, -0.25) is 0 Å². The van der Waals surface area contributed by atoms with E-state index in [2.05, 4.69) is 109 Å². The Morgan fingerprint density at radius 3 is 2.00 bits per heavy atom. The summed E-state index contributed by atoms with van der Waals surface area (Å²) in [4.78, 5) is 3.70. The summed E-state index contributed by atoms with van der Waals surface area (Å²) in [7, 11) is 0. The summed E-state index contributed by atoms with van der Waals surface area (Å²) in [5.74, 6) is 1.82. The lowest BCUT2D eigenvalue weighted by Gasteiger charge is -2.17. The molecule has 0 aliphatic carbocycles. The van der Waals surface area contributed by atoms with Crippen molar-refractivity contribution in [2.75, 3.05) is 13.2 Å². The number of aryl methyl sites for hydroxylation is 1. The zero-order chi connectivity index (χ0) is 27.1. The molecule has 0 bridgehead atoms. The number of thiophene rings is 2. The number of hydrogen-bond donors (Lipinski definition) is 0. The summed E-state index contributed by atoms with van der Waals surface area (Å²) in [6, 6.07) is 32.3. The number of hydrogen-bond acceptors (Lipinski definition) is 4. The molecule has 6 rings (SSSR count). The van der Waals surface area contributed by atoms with Gasteiger partial charge in [-0.25, -0.2) is 0 Å². The van der Waals surface area contributed by atoms with E-state index in [9.17, 15) is 0 Å². The van der Waals surface area contributed by atoms with Crippen LogP contribution in [0.25, 0.3) is 31.8 Å². The third kappa shape index (κ3) is 5.79. The summed E-state index contributed by atoms with van der Waals surface area (Å²) in [5, 5.41) is 2.22. The molecule has 4 heteroatoms. The Kier molecular flexibility index (Phi) is 8.46. The van der Waals surface area contributed by atoms with E-state index in [1.165, 1.54) is 63.3 Å². The van der Waals surface area contributed by atoms with Crippen LogP contribution in [-0.4, -0.2) is 13.2 Å². The van der Waals surface area contributed by atoms with Crippen molar-refractivity contribution in [3.63, 3.8) is 0 Å². The van der Waals surface area contributed by atoms with E-state index in [1.54, 1.807) is 11.3 Å². The number of unbranched alkanes of at least 4 members (excludes halogenated alkanes) is 3. The van der Waals surface area contributed by atoms with Crippen LogP contribution in [-0.2, 0) is 6.42 Å². The number of benzene rings is 3. The zero-order valence-electron chi connectivity index (χ0n) is 22.9.